The second kappa shape index (κ2) is 6.45. The van der Waals surface area contributed by atoms with E-state index in [4.69, 9.17) is 4.74 Å². The van der Waals surface area contributed by atoms with Gasteiger partial charge in [-0.05, 0) is 23.8 Å². The van der Waals surface area contributed by atoms with E-state index in [1.165, 1.54) is 18.4 Å². The third-order valence-corrected chi connectivity index (χ3v) is 4.31. The van der Waals surface area contributed by atoms with Crippen LogP contribution in [0.5, 0.6) is 0 Å². The van der Waals surface area contributed by atoms with Crippen LogP contribution in [0, 0.1) is 0 Å². The molecule has 0 atom stereocenters. The fraction of sp³-hybridized carbons (Fsp3) is 0.0556. The maximum absolute atomic E-state index is 12.0. The number of hydrogen-bond donors (Lipinski definition) is 1. The summed E-state index contributed by atoms with van der Waals surface area (Å²) >= 11 is 1.54. The molecule has 0 saturated heterocycles. The molecule has 110 valence electrons. The first kappa shape index (κ1) is 14.4. The lowest BCUT2D eigenvalue weighted by molar-refractivity contribution is 0.0602. The van der Waals surface area contributed by atoms with Crippen molar-refractivity contribution in [3.05, 3.63) is 72.3 Å². The predicted octanol–water partition coefficient (Wildman–Crippen LogP) is 4.95. The number of para-hydroxylation sites is 1. The van der Waals surface area contributed by atoms with Crippen molar-refractivity contribution in [2.75, 3.05) is 12.4 Å². The first-order valence-electron chi connectivity index (χ1n) is 6.87. The van der Waals surface area contributed by atoms with Crippen LogP contribution in [-0.4, -0.2) is 13.1 Å². The van der Waals surface area contributed by atoms with Gasteiger partial charge in [-0.2, -0.15) is 0 Å². The van der Waals surface area contributed by atoms with E-state index in [0.29, 0.717) is 5.56 Å². The van der Waals surface area contributed by atoms with Crippen molar-refractivity contribution in [2.45, 2.75) is 0 Å². The lowest BCUT2D eigenvalue weighted by Gasteiger charge is -2.02. The van der Waals surface area contributed by atoms with Gasteiger partial charge < -0.3 is 10.1 Å². The summed E-state index contributed by atoms with van der Waals surface area (Å²) in [5.41, 5.74) is 2.57. The zero-order valence-corrected chi connectivity index (χ0v) is 12.9. The van der Waals surface area contributed by atoms with Crippen LogP contribution in [0.4, 0.5) is 10.7 Å². The monoisotopic (exact) mass is 309 g/mol. The molecule has 3 aromatic rings. The van der Waals surface area contributed by atoms with Crippen molar-refractivity contribution in [3.8, 4) is 10.4 Å². The molecule has 0 radical (unpaired) electrons. The smallest absolute Gasteiger partial charge is 0.339 e. The molecule has 0 bridgehead atoms. The largest absolute Gasteiger partial charge is 0.465 e. The molecule has 4 heteroatoms. The van der Waals surface area contributed by atoms with Gasteiger partial charge in [-0.1, -0.05) is 48.5 Å². The van der Waals surface area contributed by atoms with Gasteiger partial charge in [0.05, 0.1) is 22.6 Å². The van der Waals surface area contributed by atoms with Crippen LogP contribution in [0.2, 0.25) is 0 Å². The summed E-state index contributed by atoms with van der Waals surface area (Å²) in [6.07, 6.45) is 0. The Kier molecular flexibility index (Phi) is 4.21. The van der Waals surface area contributed by atoms with Gasteiger partial charge in [0.1, 0.15) is 0 Å². The molecule has 0 aliphatic rings. The molecule has 0 aliphatic heterocycles. The van der Waals surface area contributed by atoms with Gasteiger partial charge in [-0.15, -0.1) is 11.3 Å². The van der Waals surface area contributed by atoms with E-state index in [-0.39, 0.29) is 5.97 Å². The maximum atomic E-state index is 12.0. The van der Waals surface area contributed by atoms with Crippen molar-refractivity contribution in [1.82, 2.24) is 0 Å². The maximum Gasteiger partial charge on any atom is 0.339 e. The molecule has 1 N–H and O–H groups in total. The van der Waals surface area contributed by atoms with Gasteiger partial charge in [-0.25, -0.2) is 4.79 Å². The summed E-state index contributed by atoms with van der Waals surface area (Å²) in [5, 5.41) is 4.23. The third-order valence-electron chi connectivity index (χ3n) is 3.21. The van der Waals surface area contributed by atoms with Gasteiger partial charge in [0.25, 0.3) is 0 Å². The van der Waals surface area contributed by atoms with E-state index in [0.717, 1.165) is 21.1 Å². The quantitative estimate of drug-likeness (QED) is 0.693. The van der Waals surface area contributed by atoms with E-state index < -0.39 is 0 Å². The molecule has 0 fully saturated rings. The average Bonchev–Trinajstić information content (AvgIpc) is 3.00. The van der Waals surface area contributed by atoms with E-state index in [1.807, 2.05) is 66.7 Å². The Morgan fingerprint density at radius 2 is 1.64 bits per heavy atom. The van der Waals surface area contributed by atoms with Gasteiger partial charge in [0.2, 0.25) is 0 Å². The van der Waals surface area contributed by atoms with Crippen molar-refractivity contribution in [2.24, 2.45) is 0 Å². The second-order valence-electron chi connectivity index (χ2n) is 4.70. The highest BCUT2D eigenvalue weighted by Crippen LogP contribution is 2.37. The Morgan fingerprint density at radius 3 is 2.27 bits per heavy atom. The number of carbonyl (C=O) groups is 1. The second-order valence-corrected chi connectivity index (χ2v) is 5.75. The molecule has 3 nitrogen and oxygen atoms in total. The summed E-state index contributed by atoms with van der Waals surface area (Å²) in [4.78, 5) is 12.9. The molecule has 1 heterocycles. The first-order chi connectivity index (χ1) is 10.8. The molecule has 3 rings (SSSR count). The third kappa shape index (κ3) is 3.02. The van der Waals surface area contributed by atoms with Crippen LogP contribution in [0.25, 0.3) is 10.4 Å². The summed E-state index contributed by atoms with van der Waals surface area (Å²) in [6, 6.07) is 21.6. The van der Waals surface area contributed by atoms with Crippen molar-refractivity contribution in [3.63, 3.8) is 0 Å². The Bertz CT molecular complexity index is 766. The average molecular weight is 309 g/mol. The van der Waals surface area contributed by atoms with Crippen molar-refractivity contribution >= 4 is 28.0 Å². The number of methoxy groups -OCH3 is 1. The van der Waals surface area contributed by atoms with Crippen LogP contribution >= 0.6 is 11.3 Å². The summed E-state index contributed by atoms with van der Waals surface area (Å²) in [5.74, 6) is -0.323. The number of hydrogen-bond acceptors (Lipinski definition) is 4. The Hall–Kier alpha value is -2.59. The highest BCUT2D eigenvalue weighted by molar-refractivity contribution is 7.19. The lowest BCUT2D eigenvalue weighted by Crippen LogP contribution is -2.00. The van der Waals surface area contributed by atoms with Gasteiger partial charge in [-0.3, -0.25) is 0 Å². The molecule has 0 unspecified atom stereocenters. The minimum Gasteiger partial charge on any atom is -0.465 e. The Morgan fingerprint density at radius 1 is 1.00 bits per heavy atom. The molecule has 0 saturated carbocycles. The zero-order valence-electron chi connectivity index (χ0n) is 12.1. The van der Waals surface area contributed by atoms with Crippen LogP contribution in [0.1, 0.15) is 10.4 Å². The van der Waals surface area contributed by atoms with Gasteiger partial charge in [0, 0.05) is 5.69 Å². The minimum absolute atomic E-state index is 0.323. The normalized spacial score (nSPS) is 10.2. The molecule has 2 aromatic carbocycles. The molecule has 0 spiro atoms. The van der Waals surface area contributed by atoms with Crippen LogP contribution in [0.3, 0.4) is 0 Å². The fourth-order valence-electron chi connectivity index (χ4n) is 2.18. The first-order valence-corrected chi connectivity index (χ1v) is 7.69. The van der Waals surface area contributed by atoms with E-state index in [2.05, 4.69) is 5.32 Å². The molecular formula is C18H15NO2S. The Labute approximate surface area is 133 Å². The molecule has 1 aromatic heterocycles. The summed E-state index contributed by atoms with van der Waals surface area (Å²) in [6.45, 7) is 0. The van der Waals surface area contributed by atoms with Crippen LogP contribution in [-0.2, 0) is 4.74 Å². The number of esters is 1. The lowest BCUT2D eigenvalue weighted by atomic mass is 10.1. The summed E-state index contributed by atoms with van der Waals surface area (Å²) < 4.78 is 4.90. The van der Waals surface area contributed by atoms with Crippen molar-refractivity contribution in [1.29, 1.82) is 0 Å². The number of nitrogens with one attached hydrogen (secondary N) is 1. The minimum atomic E-state index is -0.323. The van der Waals surface area contributed by atoms with Crippen molar-refractivity contribution < 1.29 is 9.53 Å². The van der Waals surface area contributed by atoms with Crippen LogP contribution < -0.4 is 5.32 Å². The van der Waals surface area contributed by atoms with E-state index in [1.54, 1.807) is 0 Å². The van der Waals surface area contributed by atoms with E-state index in [9.17, 15) is 4.79 Å². The topological polar surface area (TPSA) is 38.3 Å². The number of ether oxygens (including phenoxy) is 1. The SMILES string of the molecule is COC(=O)c1cc(Nc2ccccc2)sc1-c1ccccc1. The van der Waals surface area contributed by atoms with Gasteiger partial charge >= 0.3 is 5.97 Å². The fourth-order valence-corrected chi connectivity index (χ4v) is 3.25. The highest BCUT2D eigenvalue weighted by Gasteiger charge is 2.18. The molecule has 0 aliphatic carbocycles. The summed E-state index contributed by atoms with van der Waals surface area (Å²) in [7, 11) is 1.40. The molecule has 0 amide bonds. The highest BCUT2D eigenvalue weighted by atomic mass is 32.1. The number of benzene rings is 2. The van der Waals surface area contributed by atoms with E-state index >= 15 is 0 Å². The standard InChI is InChI=1S/C18H15NO2S/c1-21-18(20)15-12-16(19-14-10-6-3-7-11-14)22-17(15)13-8-4-2-5-9-13/h2-12,19H,1H3. The van der Waals surface area contributed by atoms with Crippen LogP contribution in [0.15, 0.2) is 66.7 Å². The number of thiophene rings is 1. The Balaban J connectivity index is 2.00. The molecule has 22 heavy (non-hydrogen) atoms. The number of anilines is 2. The molecular weight excluding hydrogens is 294 g/mol. The zero-order chi connectivity index (χ0) is 15.4. The predicted molar refractivity (Wildman–Crippen MR) is 90.8 cm³/mol. The number of carbonyl (C=O) groups excluding carboxylic acids is 1. The van der Waals surface area contributed by atoms with Gasteiger partial charge in [0.15, 0.2) is 0 Å². The number of rotatable bonds is 4.